The van der Waals surface area contributed by atoms with Crippen LogP contribution in [0.2, 0.25) is 0 Å². The number of carbonyl (C=O) groups is 1. The predicted molar refractivity (Wildman–Crippen MR) is 82.7 cm³/mol. The van der Waals surface area contributed by atoms with Crippen molar-refractivity contribution in [1.29, 1.82) is 0 Å². The number of hydrogen-bond acceptors (Lipinski definition) is 2. The Kier molecular flexibility index (Phi) is 59.6. The van der Waals surface area contributed by atoms with Crippen molar-refractivity contribution in [2.24, 2.45) is 0 Å². The molecule has 0 saturated carbocycles. The third kappa shape index (κ3) is 72.4. The minimum absolute atomic E-state index is 0. The first-order valence-corrected chi connectivity index (χ1v) is 6.42. The Morgan fingerprint density at radius 2 is 1.26 bits per heavy atom. The predicted octanol–water partition coefficient (Wildman–Crippen LogP) is 5.02. The average Bonchev–Trinajstić information content (AvgIpc) is 2.29. The van der Waals surface area contributed by atoms with Gasteiger partial charge in [-0.25, -0.2) is 4.79 Å². The monoisotopic (exact) mass is 304 g/mol. The maximum Gasteiger partial charge on any atom is 4.00 e. The molecular weight excluding hydrogens is 272 g/mol. The van der Waals surface area contributed by atoms with E-state index in [4.69, 9.17) is 0 Å². The molecule has 0 radical (unpaired) electrons. The van der Waals surface area contributed by atoms with Crippen LogP contribution in [-0.4, -0.2) is 12.6 Å². The van der Waals surface area contributed by atoms with Crippen molar-refractivity contribution in [2.75, 3.05) is 6.61 Å². The number of esters is 1. The second kappa shape index (κ2) is 36.1. The van der Waals surface area contributed by atoms with Gasteiger partial charge in [0.15, 0.2) is 0 Å². The quantitative estimate of drug-likeness (QED) is 0.317. The number of ether oxygens (including phenoxy) is 1. The molecule has 0 aliphatic carbocycles. The fourth-order valence-corrected chi connectivity index (χ4v) is 0.288. The summed E-state index contributed by atoms with van der Waals surface area (Å²) in [6.07, 6.45) is 3.61. The standard InChI is InChI=1S/C7H11O2.3C3H7.Ti/c1-4-5-9-7(8)6(2)3;3*1-3-2;/h1-2,4-5H2,3H3;3*1,3H2,2H3;/q4*-1;+4. The minimum atomic E-state index is -0.335. The molecule has 0 aliphatic heterocycles. The second-order valence-electron chi connectivity index (χ2n) is 3.27. The average molecular weight is 304 g/mol. The molecule has 0 aromatic carbocycles. The summed E-state index contributed by atoms with van der Waals surface area (Å²) in [6.45, 7) is 25.4. The summed E-state index contributed by atoms with van der Waals surface area (Å²) in [5, 5.41) is 0. The largest absolute Gasteiger partial charge is 4.00 e. The third-order valence-electron chi connectivity index (χ3n) is 0.726. The van der Waals surface area contributed by atoms with E-state index in [-0.39, 0.29) is 27.7 Å². The van der Waals surface area contributed by atoms with E-state index in [1.54, 1.807) is 6.92 Å². The maximum absolute atomic E-state index is 10.6. The van der Waals surface area contributed by atoms with E-state index in [0.29, 0.717) is 18.6 Å². The maximum atomic E-state index is 10.6. The van der Waals surface area contributed by atoms with Crippen LogP contribution in [0.1, 0.15) is 53.4 Å². The van der Waals surface area contributed by atoms with Crippen LogP contribution in [0.5, 0.6) is 0 Å². The topological polar surface area (TPSA) is 26.3 Å². The third-order valence-corrected chi connectivity index (χ3v) is 0.726. The zero-order valence-electron chi connectivity index (χ0n) is 13.4. The van der Waals surface area contributed by atoms with E-state index in [1.165, 1.54) is 0 Å². The van der Waals surface area contributed by atoms with Crippen LogP contribution in [0.25, 0.3) is 0 Å². The first-order valence-electron chi connectivity index (χ1n) is 6.42. The van der Waals surface area contributed by atoms with Crippen LogP contribution in [0.3, 0.4) is 0 Å². The molecule has 0 amide bonds. The Morgan fingerprint density at radius 1 is 1.00 bits per heavy atom. The van der Waals surface area contributed by atoms with Crippen molar-refractivity contribution >= 4 is 5.97 Å². The molecule has 0 atom stereocenters. The molecular formula is C16H32O2Ti. The fraction of sp³-hybridized carbons (Fsp3) is 0.562. The van der Waals surface area contributed by atoms with Gasteiger partial charge in [0.25, 0.3) is 0 Å². The molecule has 0 aromatic heterocycles. The molecule has 0 fully saturated rings. The second-order valence-corrected chi connectivity index (χ2v) is 3.27. The van der Waals surface area contributed by atoms with Crippen LogP contribution in [0.15, 0.2) is 12.2 Å². The van der Waals surface area contributed by atoms with E-state index >= 15 is 0 Å². The Balaban J connectivity index is -0.0000000548. The van der Waals surface area contributed by atoms with E-state index in [0.717, 1.165) is 19.3 Å². The van der Waals surface area contributed by atoms with Crippen molar-refractivity contribution in [3.05, 3.63) is 39.8 Å². The summed E-state index contributed by atoms with van der Waals surface area (Å²) in [7, 11) is 0. The molecule has 0 heterocycles. The Morgan fingerprint density at radius 3 is 1.42 bits per heavy atom. The summed E-state index contributed by atoms with van der Waals surface area (Å²) in [5.74, 6) is -0.335. The van der Waals surface area contributed by atoms with E-state index in [2.05, 4.69) is 39.0 Å². The van der Waals surface area contributed by atoms with Gasteiger partial charge in [-0.05, 0) is 6.92 Å². The summed E-state index contributed by atoms with van der Waals surface area (Å²) >= 11 is 0. The van der Waals surface area contributed by atoms with Crippen LogP contribution in [0.4, 0.5) is 0 Å². The van der Waals surface area contributed by atoms with Gasteiger partial charge in [-0.1, -0.05) is 27.4 Å². The molecule has 0 saturated heterocycles. The Labute approximate surface area is 137 Å². The van der Waals surface area contributed by atoms with Crippen molar-refractivity contribution in [1.82, 2.24) is 0 Å². The molecule has 19 heavy (non-hydrogen) atoms. The van der Waals surface area contributed by atoms with Gasteiger partial charge >= 0.3 is 27.7 Å². The number of rotatable bonds is 3. The van der Waals surface area contributed by atoms with E-state index in [1.807, 2.05) is 20.8 Å². The number of carbonyl (C=O) groups excluding carboxylic acids is 1. The van der Waals surface area contributed by atoms with Gasteiger partial charge in [0.2, 0.25) is 0 Å². The van der Waals surface area contributed by atoms with E-state index < -0.39 is 0 Å². The zero-order chi connectivity index (χ0) is 15.4. The summed E-state index contributed by atoms with van der Waals surface area (Å²) in [5.41, 5.74) is 0.434. The van der Waals surface area contributed by atoms with Gasteiger partial charge in [0.05, 0.1) is 6.61 Å². The Bertz CT molecular complexity index is 152. The first-order chi connectivity index (χ1) is 8.42. The number of hydrogen-bond donors (Lipinski definition) is 0. The van der Waals surface area contributed by atoms with Crippen LogP contribution < -0.4 is 0 Å². The summed E-state index contributed by atoms with van der Waals surface area (Å²) in [6, 6.07) is 0. The smallest absolute Gasteiger partial charge is 0.465 e. The van der Waals surface area contributed by atoms with Crippen LogP contribution >= 0.6 is 0 Å². The van der Waals surface area contributed by atoms with Gasteiger partial charge in [-0.15, -0.1) is 6.42 Å². The minimum Gasteiger partial charge on any atom is -0.465 e. The normalized spacial score (nSPS) is 6.95. The van der Waals surface area contributed by atoms with Gasteiger partial charge in [-0.3, -0.25) is 0 Å². The summed E-state index contributed by atoms with van der Waals surface area (Å²) < 4.78 is 4.65. The first kappa shape index (κ1) is 31.4. The van der Waals surface area contributed by atoms with Crippen LogP contribution in [0, 0.1) is 27.7 Å². The molecule has 2 nitrogen and oxygen atoms in total. The van der Waals surface area contributed by atoms with Gasteiger partial charge in [0.1, 0.15) is 0 Å². The summed E-state index contributed by atoms with van der Waals surface area (Å²) in [4.78, 5) is 10.6. The zero-order valence-corrected chi connectivity index (χ0v) is 14.9. The van der Waals surface area contributed by atoms with Gasteiger partial charge < -0.3 is 32.4 Å². The SMILES string of the molecule is C=C(C)C(=O)OCC[CH2-].[CH2-]CC.[CH2-]CC.[CH2-]CC.[Ti+4]. The molecule has 112 valence electrons. The molecule has 0 aliphatic rings. The van der Waals surface area contributed by atoms with Gasteiger partial charge in [0, 0.05) is 5.57 Å². The molecule has 0 N–H and O–H groups in total. The van der Waals surface area contributed by atoms with Crippen LogP contribution in [-0.2, 0) is 31.2 Å². The molecule has 0 unspecified atom stereocenters. The molecule has 3 heteroatoms. The molecule has 0 aromatic rings. The molecule has 0 bridgehead atoms. The molecule has 0 rings (SSSR count). The molecule has 0 spiro atoms. The van der Waals surface area contributed by atoms with Crippen molar-refractivity contribution < 1.29 is 31.2 Å². The van der Waals surface area contributed by atoms with E-state index in [9.17, 15) is 4.79 Å². The van der Waals surface area contributed by atoms with Crippen molar-refractivity contribution in [2.45, 2.75) is 53.4 Å². The van der Waals surface area contributed by atoms with Crippen molar-refractivity contribution in [3.63, 3.8) is 0 Å². The fourth-order valence-electron chi connectivity index (χ4n) is 0.288. The Hall–Kier alpha value is -0.0757. The van der Waals surface area contributed by atoms with Gasteiger partial charge in [-0.2, -0.15) is 19.3 Å². The van der Waals surface area contributed by atoms with Crippen molar-refractivity contribution in [3.8, 4) is 0 Å².